The summed E-state index contributed by atoms with van der Waals surface area (Å²) < 4.78 is 5.63. The Labute approximate surface area is 145 Å². The molecule has 3 atom stereocenters. The fraction of sp³-hybridized carbons (Fsp3) is 0.333. The van der Waals surface area contributed by atoms with E-state index in [1.807, 2.05) is 0 Å². The molecule has 0 saturated carbocycles. The third-order valence-electron chi connectivity index (χ3n) is 4.65. The topological polar surface area (TPSA) is 63.2 Å². The van der Waals surface area contributed by atoms with Crippen LogP contribution in [0.2, 0.25) is 5.15 Å². The van der Waals surface area contributed by atoms with Gasteiger partial charge in [0.15, 0.2) is 0 Å². The molecule has 2 aliphatic heterocycles. The predicted octanol–water partition coefficient (Wildman–Crippen LogP) is 3.15. The van der Waals surface area contributed by atoms with Gasteiger partial charge < -0.3 is 15.4 Å². The molecule has 0 radical (unpaired) electrons. The lowest BCUT2D eigenvalue weighted by Crippen LogP contribution is -2.42. The van der Waals surface area contributed by atoms with Crippen LogP contribution in [0.3, 0.4) is 0 Å². The molecule has 24 heavy (non-hydrogen) atoms. The third kappa shape index (κ3) is 3.23. The Morgan fingerprint density at radius 1 is 1.21 bits per heavy atom. The third-order valence-corrected chi connectivity index (χ3v) is 4.86. The lowest BCUT2D eigenvalue weighted by molar-refractivity contribution is 0.0931. The Hall–Kier alpha value is -2.11. The number of aromatic nitrogens is 1. The van der Waals surface area contributed by atoms with Crippen molar-refractivity contribution in [1.82, 2.24) is 15.6 Å². The zero-order valence-corrected chi connectivity index (χ0v) is 13.8. The maximum atomic E-state index is 12.4. The van der Waals surface area contributed by atoms with Gasteiger partial charge in [-0.1, -0.05) is 17.7 Å². The van der Waals surface area contributed by atoms with Gasteiger partial charge in [-0.25, -0.2) is 4.98 Å². The molecule has 4 rings (SSSR count). The lowest BCUT2D eigenvalue weighted by atomic mass is 9.95. The van der Waals surface area contributed by atoms with E-state index in [1.165, 1.54) is 6.42 Å². The van der Waals surface area contributed by atoms with Gasteiger partial charge >= 0.3 is 0 Å². The molecule has 0 unspecified atom stereocenters. The zero-order valence-electron chi connectivity index (χ0n) is 13.0. The smallest absolute Gasteiger partial charge is 0.251 e. The van der Waals surface area contributed by atoms with Crippen LogP contribution < -0.4 is 15.4 Å². The molecule has 1 aromatic carbocycles. The highest BCUT2D eigenvalue weighted by molar-refractivity contribution is 6.29. The van der Waals surface area contributed by atoms with E-state index in [-0.39, 0.29) is 11.9 Å². The molecule has 2 saturated heterocycles. The van der Waals surface area contributed by atoms with E-state index in [0.29, 0.717) is 34.4 Å². The molecule has 124 valence electrons. The van der Waals surface area contributed by atoms with Crippen molar-refractivity contribution in [3.05, 3.63) is 53.2 Å². The normalized spacial score (nSPS) is 24.8. The summed E-state index contributed by atoms with van der Waals surface area (Å²) in [5.74, 6) is 0.998. The van der Waals surface area contributed by atoms with Crippen molar-refractivity contribution >= 4 is 17.5 Å². The molecule has 0 aliphatic carbocycles. The van der Waals surface area contributed by atoms with E-state index in [0.717, 1.165) is 12.8 Å². The quantitative estimate of drug-likeness (QED) is 0.837. The van der Waals surface area contributed by atoms with Crippen molar-refractivity contribution in [1.29, 1.82) is 0 Å². The number of amides is 1. The minimum atomic E-state index is -0.0400. The van der Waals surface area contributed by atoms with Gasteiger partial charge in [-0.05, 0) is 49.6 Å². The first-order valence-electron chi connectivity index (χ1n) is 8.15. The van der Waals surface area contributed by atoms with Crippen LogP contribution in [-0.4, -0.2) is 29.0 Å². The molecule has 3 heterocycles. The number of benzene rings is 1. The SMILES string of the molecule is O=C(N[C@@H]1C[C@H]2CC[C@@H]1N2)c1ccc(Oc2cccc(Cl)n2)cc1. The highest BCUT2D eigenvalue weighted by Crippen LogP contribution is 2.28. The maximum Gasteiger partial charge on any atom is 0.251 e. The number of hydrogen-bond donors (Lipinski definition) is 2. The first-order chi connectivity index (χ1) is 11.7. The molecule has 2 bridgehead atoms. The zero-order chi connectivity index (χ0) is 16.5. The first-order valence-corrected chi connectivity index (χ1v) is 8.52. The van der Waals surface area contributed by atoms with Crippen LogP contribution in [0.4, 0.5) is 0 Å². The van der Waals surface area contributed by atoms with Gasteiger partial charge in [0, 0.05) is 29.8 Å². The van der Waals surface area contributed by atoms with Crippen LogP contribution in [-0.2, 0) is 0 Å². The Morgan fingerprint density at radius 3 is 2.71 bits per heavy atom. The van der Waals surface area contributed by atoms with Gasteiger partial charge in [0.05, 0.1) is 0 Å². The standard InChI is InChI=1S/C18H18ClN3O2/c19-16-2-1-3-17(22-16)24-13-7-4-11(5-8-13)18(23)21-15-10-12-6-9-14(15)20-12/h1-5,7-8,12,14-15,20H,6,9-10H2,(H,21,23)/t12-,14+,15-/m1/s1. The number of pyridine rings is 1. The Kier molecular flexibility index (Phi) is 4.12. The van der Waals surface area contributed by atoms with Gasteiger partial charge in [0.2, 0.25) is 5.88 Å². The number of nitrogens with one attached hydrogen (secondary N) is 2. The van der Waals surface area contributed by atoms with Gasteiger partial charge in [-0.2, -0.15) is 0 Å². The van der Waals surface area contributed by atoms with Crippen LogP contribution in [0.25, 0.3) is 0 Å². The summed E-state index contributed by atoms with van der Waals surface area (Å²) >= 11 is 5.84. The summed E-state index contributed by atoms with van der Waals surface area (Å²) in [7, 11) is 0. The van der Waals surface area contributed by atoms with Crippen molar-refractivity contribution in [2.24, 2.45) is 0 Å². The minimum Gasteiger partial charge on any atom is -0.439 e. The second-order valence-corrected chi connectivity index (χ2v) is 6.68. The van der Waals surface area contributed by atoms with Crippen molar-refractivity contribution in [3.8, 4) is 11.6 Å². The van der Waals surface area contributed by atoms with Crippen LogP contribution in [0.15, 0.2) is 42.5 Å². The highest BCUT2D eigenvalue weighted by atomic mass is 35.5. The number of hydrogen-bond acceptors (Lipinski definition) is 4. The summed E-state index contributed by atoms with van der Waals surface area (Å²) in [6.45, 7) is 0. The van der Waals surface area contributed by atoms with Crippen molar-refractivity contribution < 1.29 is 9.53 Å². The summed E-state index contributed by atoms with van der Waals surface area (Å²) in [6.07, 6.45) is 3.40. The molecule has 6 heteroatoms. The molecule has 2 aromatic rings. The fourth-order valence-electron chi connectivity index (χ4n) is 3.48. The highest BCUT2D eigenvalue weighted by Gasteiger charge is 2.39. The Morgan fingerprint density at radius 2 is 2.04 bits per heavy atom. The van der Waals surface area contributed by atoms with E-state index >= 15 is 0 Å². The molecular formula is C18H18ClN3O2. The molecule has 2 aliphatic rings. The average molecular weight is 344 g/mol. The lowest BCUT2D eigenvalue weighted by Gasteiger charge is -2.21. The maximum absolute atomic E-state index is 12.4. The Balaban J connectivity index is 1.39. The number of halogens is 1. The van der Waals surface area contributed by atoms with Gasteiger partial charge in [-0.3, -0.25) is 4.79 Å². The van der Waals surface area contributed by atoms with E-state index in [2.05, 4.69) is 15.6 Å². The number of fused-ring (bicyclic) bond motifs is 2. The van der Waals surface area contributed by atoms with E-state index in [4.69, 9.17) is 16.3 Å². The number of ether oxygens (including phenoxy) is 1. The molecule has 5 nitrogen and oxygen atoms in total. The predicted molar refractivity (Wildman–Crippen MR) is 91.6 cm³/mol. The Bertz CT molecular complexity index is 750. The van der Waals surface area contributed by atoms with Crippen molar-refractivity contribution in [2.75, 3.05) is 0 Å². The molecule has 1 amide bonds. The molecule has 1 aromatic heterocycles. The summed E-state index contributed by atoms with van der Waals surface area (Å²) in [5.41, 5.74) is 0.629. The summed E-state index contributed by atoms with van der Waals surface area (Å²) in [5, 5.41) is 7.03. The van der Waals surface area contributed by atoms with Gasteiger partial charge in [-0.15, -0.1) is 0 Å². The fourth-order valence-corrected chi connectivity index (χ4v) is 3.63. The monoisotopic (exact) mass is 343 g/mol. The molecular weight excluding hydrogens is 326 g/mol. The van der Waals surface area contributed by atoms with Crippen molar-refractivity contribution in [3.63, 3.8) is 0 Å². The first kappa shape index (κ1) is 15.4. The van der Waals surface area contributed by atoms with Gasteiger partial charge in [0.25, 0.3) is 5.91 Å². The van der Waals surface area contributed by atoms with Crippen molar-refractivity contribution in [2.45, 2.75) is 37.4 Å². The molecule has 2 N–H and O–H groups in total. The minimum absolute atomic E-state index is 0.0400. The second-order valence-electron chi connectivity index (χ2n) is 6.29. The van der Waals surface area contributed by atoms with Crippen LogP contribution in [0.5, 0.6) is 11.6 Å². The number of nitrogens with zero attached hydrogens (tertiary/aromatic N) is 1. The molecule has 2 fully saturated rings. The van der Waals surface area contributed by atoms with Crippen LogP contribution >= 0.6 is 11.6 Å². The largest absolute Gasteiger partial charge is 0.439 e. The second kappa shape index (κ2) is 6.42. The average Bonchev–Trinajstić information content (AvgIpc) is 3.18. The summed E-state index contributed by atoms with van der Waals surface area (Å²) in [6, 6.07) is 13.5. The summed E-state index contributed by atoms with van der Waals surface area (Å²) in [4.78, 5) is 16.5. The van der Waals surface area contributed by atoms with E-state index in [1.54, 1.807) is 42.5 Å². The number of carbonyl (C=O) groups excluding carboxylic acids is 1. The van der Waals surface area contributed by atoms with Crippen LogP contribution in [0.1, 0.15) is 29.6 Å². The van der Waals surface area contributed by atoms with Gasteiger partial charge in [0.1, 0.15) is 10.9 Å². The molecule has 0 spiro atoms. The number of carbonyl (C=O) groups is 1. The van der Waals surface area contributed by atoms with E-state index < -0.39 is 0 Å². The number of rotatable bonds is 4. The van der Waals surface area contributed by atoms with Crippen LogP contribution in [0, 0.1) is 0 Å². The van der Waals surface area contributed by atoms with E-state index in [9.17, 15) is 4.79 Å².